The number of piperidine rings is 2. The van der Waals surface area contributed by atoms with Crippen LogP contribution in [0.3, 0.4) is 0 Å². The average Bonchev–Trinajstić information content (AvgIpc) is 3.69. The minimum atomic E-state index is -1.06. The lowest BCUT2D eigenvalue weighted by Gasteiger charge is -2.48. The van der Waals surface area contributed by atoms with Crippen LogP contribution in [0.15, 0.2) is 48.8 Å². The molecule has 2 aromatic heterocycles. The number of benzene rings is 2. The third kappa shape index (κ3) is 6.13. The number of fused-ring (bicyclic) bond motifs is 3. The summed E-state index contributed by atoms with van der Waals surface area (Å²) in [6, 6.07) is 14.8. The van der Waals surface area contributed by atoms with Crippen molar-refractivity contribution in [1.82, 2.24) is 29.7 Å². The number of hydrogen-bond donors (Lipinski definition) is 3. The Kier molecular flexibility index (Phi) is 9.46. The van der Waals surface area contributed by atoms with E-state index in [0.717, 1.165) is 70.7 Å². The van der Waals surface area contributed by atoms with Gasteiger partial charge in [-0.25, -0.2) is 9.97 Å². The minimum Gasteiger partial charge on any atom is -0.384 e. The molecule has 3 aliphatic heterocycles. The number of amides is 3. The maximum Gasteiger partial charge on any atom is 0.251 e. The first-order valence-electron chi connectivity index (χ1n) is 19.7. The zero-order chi connectivity index (χ0) is 37.9. The van der Waals surface area contributed by atoms with Crippen molar-refractivity contribution in [3.05, 3.63) is 65.5 Å². The summed E-state index contributed by atoms with van der Waals surface area (Å²) in [4.78, 5) is 56.7. The molecule has 5 heterocycles. The molecule has 2 aromatic carbocycles. The van der Waals surface area contributed by atoms with E-state index in [1.807, 2.05) is 37.5 Å². The second-order valence-corrected chi connectivity index (χ2v) is 16.1. The summed E-state index contributed by atoms with van der Waals surface area (Å²) in [6.07, 6.45) is 7.51. The summed E-state index contributed by atoms with van der Waals surface area (Å²) in [6.45, 7) is 10.8. The van der Waals surface area contributed by atoms with Crippen molar-refractivity contribution in [2.24, 2.45) is 0 Å². The Morgan fingerprint density at radius 3 is 2.37 bits per heavy atom. The van der Waals surface area contributed by atoms with Crippen molar-refractivity contribution < 1.29 is 19.5 Å². The van der Waals surface area contributed by atoms with Crippen molar-refractivity contribution in [1.29, 1.82) is 0 Å². The molecule has 12 heteroatoms. The maximum atomic E-state index is 14.8. The van der Waals surface area contributed by atoms with Crippen LogP contribution in [0.5, 0.6) is 0 Å². The Hall–Kier alpha value is -4.81. The molecule has 0 radical (unpaired) electrons. The standard InChI is InChI=1S/C42H52N8O4/c1-25(2)49-24-44-35-23-34(46-38(37(35)49)45-29-11-9-26(3)32(20-29)39(52)43-5)28-10-12-33-36(19-28)50(31-21-30(22-31)47-15-7-6-8-16-47)41(54)42(33)13-17-48(18-14-42)40(53)27(4)51/h9-12,19-20,23-25,27,30-31,51H,6-8,13-18,21-22H2,1-5H3,(H,43,52)(H,45,46)/t27-,30?,31?/m1/s1. The van der Waals surface area contributed by atoms with E-state index in [1.165, 1.54) is 26.2 Å². The number of anilines is 3. The molecule has 284 valence electrons. The van der Waals surface area contributed by atoms with Crippen molar-refractivity contribution in [3.63, 3.8) is 0 Å². The van der Waals surface area contributed by atoms with Crippen molar-refractivity contribution in [2.45, 2.75) is 102 Å². The quantitative estimate of drug-likeness (QED) is 0.210. The van der Waals surface area contributed by atoms with Gasteiger partial charge in [0.25, 0.3) is 11.8 Å². The number of imidazole rings is 1. The lowest BCUT2D eigenvalue weighted by molar-refractivity contribution is -0.142. The van der Waals surface area contributed by atoms with Gasteiger partial charge in [0.2, 0.25) is 5.91 Å². The van der Waals surface area contributed by atoms with Crippen molar-refractivity contribution in [3.8, 4) is 11.3 Å². The Morgan fingerprint density at radius 2 is 1.69 bits per heavy atom. The number of nitrogens with zero attached hydrogens (tertiary/aromatic N) is 6. The number of nitrogens with one attached hydrogen (secondary N) is 2. The van der Waals surface area contributed by atoms with E-state index in [4.69, 9.17) is 9.97 Å². The molecule has 3 N–H and O–H groups in total. The molecular formula is C42H52N8O4. The van der Waals surface area contributed by atoms with Gasteiger partial charge >= 0.3 is 0 Å². The zero-order valence-corrected chi connectivity index (χ0v) is 32.1. The molecule has 8 rings (SSSR count). The topological polar surface area (TPSA) is 136 Å². The summed E-state index contributed by atoms with van der Waals surface area (Å²) < 4.78 is 2.10. The van der Waals surface area contributed by atoms with Gasteiger partial charge in [-0.15, -0.1) is 0 Å². The zero-order valence-electron chi connectivity index (χ0n) is 32.1. The Bertz CT molecular complexity index is 2100. The van der Waals surface area contributed by atoms with Crippen LogP contribution in [0.1, 0.15) is 93.2 Å². The third-order valence-corrected chi connectivity index (χ3v) is 12.4. The first-order chi connectivity index (χ1) is 26.0. The molecule has 2 saturated heterocycles. The first-order valence-corrected chi connectivity index (χ1v) is 19.7. The summed E-state index contributed by atoms with van der Waals surface area (Å²) in [7, 11) is 1.63. The van der Waals surface area contributed by atoms with Crippen LogP contribution >= 0.6 is 0 Å². The van der Waals surface area contributed by atoms with Crippen LogP contribution in [0, 0.1) is 6.92 Å². The third-order valence-electron chi connectivity index (χ3n) is 12.4. The number of rotatable bonds is 8. The van der Waals surface area contributed by atoms with Crippen LogP contribution in [-0.2, 0) is 15.0 Å². The number of aromatic nitrogens is 3. The fraction of sp³-hybridized carbons (Fsp3) is 0.500. The van der Waals surface area contributed by atoms with E-state index in [1.54, 1.807) is 11.9 Å². The fourth-order valence-electron chi connectivity index (χ4n) is 9.22. The van der Waals surface area contributed by atoms with E-state index < -0.39 is 11.5 Å². The van der Waals surface area contributed by atoms with Gasteiger partial charge in [-0.2, -0.15) is 0 Å². The van der Waals surface area contributed by atoms with E-state index >= 15 is 0 Å². The Labute approximate surface area is 316 Å². The van der Waals surface area contributed by atoms with Gasteiger partial charge in [0.05, 0.1) is 23.0 Å². The molecule has 1 atom stereocenters. The predicted molar refractivity (Wildman–Crippen MR) is 210 cm³/mol. The fourth-order valence-corrected chi connectivity index (χ4v) is 9.22. The van der Waals surface area contributed by atoms with Gasteiger partial charge in [-0.3, -0.25) is 14.4 Å². The van der Waals surface area contributed by atoms with Crippen LogP contribution in [-0.4, -0.2) is 98.6 Å². The second-order valence-electron chi connectivity index (χ2n) is 16.1. The van der Waals surface area contributed by atoms with Gasteiger partial charge in [0, 0.05) is 60.8 Å². The van der Waals surface area contributed by atoms with E-state index in [2.05, 4.69) is 57.0 Å². The maximum absolute atomic E-state index is 14.8. The molecule has 0 bridgehead atoms. The summed E-state index contributed by atoms with van der Waals surface area (Å²) in [5.74, 6) is 0.323. The lowest BCUT2D eigenvalue weighted by atomic mass is 9.73. The molecule has 54 heavy (non-hydrogen) atoms. The van der Waals surface area contributed by atoms with E-state index in [-0.39, 0.29) is 29.8 Å². The highest BCUT2D eigenvalue weighted by Crippen LogP contribution is 2.52. The van der Waals surface area contributed by atoms with Gasteiger partial charge < -0.3 is 35.0 Å². The van der Waals surface area contributed by atoms with Crippen LogP contribution in [0.2, 0.25) is 0 Å². The molecule has 12 nitrogen and oxygen atoms in total. The average molecular weight is 733 g/mol. The van der Waals surface area contributed by atoms with Crippen LogP contribution in [0.4, 0.5) is 17.2 Å². The smallest absolute Gasteiger partial charge is 0.251 e. The summed E-state index contributed by atoms with van der Waals surface area (Å²) in [5, 5.41) is 16.3. The monoisotopic (exact) mass is 732 g/mol. The van der Waals surface area contributed by atoms with E-state index in [0.29, 0.717) is 43.4 Å². The highest BCUT2D eigenvalue weighted by atomic mass is 16.3. The number of carbonyl (C=O) groups is 3. The van der Waals surface area contributed by atoms with Gasteiger partial charge in [0.15, 0.2) is 5.82 Å². The van der Waals surface area contributed by atoms with Crippen molar-refractivity contribution >= 4 is 45.9 Å². The normalized spacial score (nSPS) is 21.7. The number of hydrogen-bond acceptors (Lipinski definition) is 8. The van der Waals surface area contributed by atoms with E-state index in [9.17, 15) is 19.5 Å². The number of aliphatic hydroxyl groups excluding tert-OH is 1. The molecule has 4 aromatic rings. The van der Waals surface area contributed by atoms with Gasteiger partial charge in [0.1, 0.15) is 11.6 Å². The summed E-state index contributed by atoms with van der Waals surface area (Å²) >= 11 is 0. The molecule has 3 fully saturated rings. The number of likely N-dealkylation sites (tertiary alicyclic amines) is 2. The van der Waals surface area contributed by atoms with Crippen LogP contribution < -0.4 is 15.5 Å². The molecule has 1 saturated carbocycles. The largest absolute Gasteiger partial charge is 0.384 e. The molecule has 1 spiro atoms. The Morgan fingerprint density at radius 1 is 0.944 bits per heavy atom. The number of carbonyl (C=O) groups excluding carboxylic acids is 3. The molecule has 1 aliphatic carbocycles. The molecule has 3 amide bonds. The molecular weight excluding hydrogens is 681 g/mol. The number of aliphatic hydroxyl groups is 1. The van der Waals surface area contributed by atoms with Gasteiger partial charge in [-0.1, -0.05) is 24.6 Å². The predicted octanol–water partition coefficient (Wildman–Crippen LogP) is 5.70. The lowest BCUT2D eigenvalue weighted by Crippen LogP contribution is -2.58. The first kappa shape index (κ1) is 36.2. The number of aryl methyl sites for hydroxylation is 1. The minimum absolute atomic E-state index is 0.111. The molecule has 4 aliphatic rings. The summed E-state index contributed by atoms with van der Waals surface area (Å²) in [5.41, 5.74) is 6.72. The SMILES string of the molecule is CNC(=O)c1cc(Nc2nc(-c3ccc4c(c3)N(C3CC(N5CCCCC5)C3)C(=O)C43CCN(C(=O)[C@@H](C)O)CC3)cc3ncn(C(C)C)c23)ccc1C. The highest BCUT2D eigenvalue weighted by Gasteiger charge is 2.56. The van der Waals surface area contributed by atoms with Gasteiger partial charge in [-0.05, 0) is 115 Å². The molecule has 0 unspecified atom stereocenters. The van der Waals surface area contributed by atoms with Crippen molar-refractivity contribution in [2.75, 3.05) is 43.4 Å². The number of pyridine rings is 1. The Balaban J connectivity index is 1.18. The second kappa shape index (κ2) is 14.1. The highest BCUT2D eigenvalue weighted by molar-refractivity contribution is 6.09. The van der Waals surface area contributed by atoms with Crippen LogP contribution in [0.25, 0.3) is 22.3 Å².